The molecule has 2 N–H and O–H groups in total. The quantitative estimate of drug-likeness (QED) is 0.784. The molecule has 1 heterocycles. The summed E-state index contributed by atoms with van der Waals surface area (Å²) < 4.78 is 38.3. The fourth-order valence-electron chi connectivity index (χ4n) is 2.42. The van der Waals surface area contributed by atoms with Crippen LogP contribution in [0, 0.1) is 0 Å². The number of hydrogen-bond donors (Lipinski definition) is 1. The number of likely N-dealkylation sites (tertiary alicyclic amines) is 1. The Bertz CT molecular complexity index is 421. The van der Waals surface area contributed by atoms with Crippen molar-refractivity contribution in [2.45, 2.75) is 24.9 Å². The molecular weight excluding hydrogens is 241 g/mol. The van der Waals surface area contributed by atoms with Crippen LogP contribution in [0.5, 0.6) is 0 Å². The molecule has 1 aliphatic heterocycles. The Labute approximate surface area is 105 Å². The fourth-order valence-corrected chi connectivity index (χ4v) is 2.42. The van der Waals surface area contributed by atoms with Gasteiger partial charge in [-0.15, -0.1) is 0 Å². The molecule has 0 radical (unpaired) electrons. The third-order valence-corrected chi connectivity index (χ3v) is 3.57. The Hall–Kier alpha value is -1.23. The number of anilines is 1. The minimum atomic E-state index is -4.37. The molecule has 5 heteroatoms. The van der Waals surface area contributed by atoms with E-state index in [0.29, 0.717) is 0 Å². The Balaban J connectivity index is 2.24. The molecule has 0 aromatic heterocycles. The smallest absolute Gasteiger partial charge is 0.398 e. The zero-order valence-electron chi connectivity index (χ0n) is 10.3. The summed E-state index contributed by atoms with van der Waals surface area (Å²) in [5.74, 6) is 0.211. The SMILES string of the molecule is CN1CCC(c2ccc(N)c(C(F)(F)F)c2)CC1. The highest BCUT2D eigenvalue weighted by molar-refractivity contribution is 5.50. The van der Waals surface area contributed by atoms with Crippen molar-refractivity contribution < 1.29 is 13.2 Å². The van der Waals surface area contributed by atoms with Gasteiger partial charge in [-0.3, -0.25) is 0 Å². The molecule has 1 aliphatic rings. The molecule has 18 heavy (non-hydrogen) atoms. The molecular formula is C13H17F3N2. The Morgan fingerprint density at radius 2 is 1.83 bits per heavy atom. The van der Waals surface area contributed by atoms with Crippen molar-refractivity contribution in [2.75, 3.05) is 25.9 Å². The number of nitrogens with zero attached hydrogens (tertiary/aromatic N) is 1. The lowest BCUT2D eigenvalue weighted by atomic mass is 9.88. The first-order valence-corrected chi connectivity index (χ1v) is 6.03. The van der Waals surface area contributed by atoms with Crippen LogP contribution in [0.25, 0.3) is 0 Å². The van der Waals surface area contributed by atoms with E-state index in [0.717, 1.165) is 31.5 Å². The van der Waals surface area contributed by atoms with Crippen molar-refractivity contribution in [2.24, 2.45) is 0 Å². The fraction of sp³-hybridized carbons (Fsp3) is 0.538. The van der Waals surface area contributed by atoms with Crippen molar-refractivity contribution >= 4 is 5.69 Å². The minimum absolute atomic E-state index is 0.195. The molecule has 0 saturated carbocycles. The summed E-state index contributed by atoms with van der Waals surface area (Å²) in [4.78, 5) is 2.19. The highest BCUT2D eigenvalue weighted by atomic mass is 19.4. The topological polar surface area (TPSA) is 29.3 Å². The third-order valence-electron chi connectivity index (χ3n) is 3.57. The summed E-state index contributed by atoms with van der Waals surface area (Å²) in [6, 6.07) is 4.31. The maximum atomic E-state index is 12.8. The van der Waals surface area contributed by atoms with Gasteiger partial charge in [-0.1, -0.05) is 6.07 Å². The number of halogens is 3. The van der Waals surface area contributed by atoms with Crippen LogP contribution in [0.4, 0.5) is 18.9 Å². The molecule has 0 unspecified atom stereocenters. The van der Waals surface area contributed by atoms with E-state index in [2.05, 4.69) is 4.90 Å². The zero-order valence-corrected chi connectivity index (χ0v) is 10.3. The summed E-state index contributed by atoms with van der Waals surface area (Å²) in [6.45, 7) is 1.85. The van der Waals surface area contributed by atoms with Crippen molar-refractivity contribution in [3.05, 3.63) is 29.3 Å². The lowest BCUT2D eigenvalue weighted by Crippen LogP contribution is -2.29. The summed E-state index contributed by atoms with van der Waals surface area (Å²) >= 11 is 0. The zero-order chi connectivity index (χ0) is 13.3. The number of rotatable bonds is 1. The van der Waals surface area contributed by atoms with Gasteiger partial charge in [-0.25, -0.2) is 0 Å². The normalized spacial score (nSPS) is 19.1. The van der Waals surface area contributed by atoms with Gasteiger partial charge in [-0.05, 0) is 56.6 Å². The molecule has 0 atom stereocenters. The predicted molar refractivity (Wildman–Crippen MR) is 65.3 cm³/mol. The van der Waals surface area contributed by atoms with E-state index in [1.54, 1.807) is 6.07 Å². The van der Waals surface area contributed by atoms with E-state index in [-0.39, 0.29) is 11.6 Å². The second kappa shape index (κ2) is 4.80. The van der Waals surface area contributed by atoms with Crippen LogP contribution in [0.2, 0.25) is 0 Å². The van der Waals surface area contributed by atoms with E-state index >= 15 is 0 Å². The minimum Gasteiger partial charge on any atom is -0.398 e. The van der Waals surface area contributed by atoms with Gasteiger partial charge >= 0.3 is 6.18 Å². The van der Waals surface area contributed by atoms with Gasteiger partial charge in [0.25, 0.3) is 0 Å². The largest absolute Gasteiger partial charge is 0.418 e. The Morgan fingerprint density at radius 3 is 2.39 bits per heavy atom. The molecule has 1 fully saturated rings. The van der Waals surface area contributed by atoms with Gasteiger partial charge in [-0.2, -0.15) is 13.2 Å². The molecule has 2 rings (SSSR count). The van der Waals surface area contributed by atoms with Crippen molar-refractivity contribution in [1.82, 2.24) is 4.90 Å². The molecule has 1 saturated heterocycles. The molecule has 1 aromatic rings. The highest BCUT2D eigenvalue weighted by Crippen LogP contribution is 2.37. The second-order valence-electron chi connectivity index (χ2n) is 4.92. The number of alkyl halides is 3. The maximum absolute atomic E-state index is 12.8. The van der Waals surface area contributed by atoms with Crippen molar-refractivity contribution in [3.63, 3.8) is 0 Å². The van der Waals surface area contributed by atoms with E-state index in [4.69, 9.17) is 5.73 Å². The number of piperidine rings is 1. The van der Waals surface area contributed by atoms with Crippen LogP contribution in [-0.2, 0) is 6.18 Å². The van der Waals surface area contributed by atoms with Gasteiger partial charge in [0, 0.05) is 5.69 Å². The van der Waals surface area contributed by atoms with Gasteiger partial charge in [0.15, 0.2) is 0 Å². The van der Waals surface area contributed by atoms with E-state index in [1.165, 1.54) is 12.1 Å². The van der Waals surface area contributed by atoms with Gasteiger partial charge in [0.05, 0.1) is 5.56 Å². The molecule has 0 bridgehead atoms. The van der Waals surface area contributed by atoms with Gasteiger partial charge in [0.2, 0.25) is 0 Å². The Morgan fingerprint density at radius 1 is 1.22 bits per heavy atom. The predicted octanol–water partition coefficient (Wildman–Crippen LogP) is 3.10. The van der Waals surface area contributed by atoms with E-state index < -0.39 is 11.7 Å². The molecule has 1 aromatic carbocycles. The standard InChI is InChI=1S/C13H17F3N2/c1-18-6-4-9(5-7-18)10-2-3-12(17)11(8-10)13(14,15)16/h2-3,8-9H,4-7,17H2,1H3. The molecule has 100 valence electrons. The van der Waals surface area contributed by atoms with E-state index in [9.17, 15) is 13.2 Å². The maximum Gasteiger partial charge on any atom is 0.418 e. The average molecular weight is 258 g/mol. The van der Waals surface area contributed by atoms with Crippen LogP contribution in [0.3, 0.4) is 0 Å². The number of benzene rings is 1. The van der Waals surface area contributed by atoms with E-state index in [1.807, 2.05) is 7.05 Å². The lowest BCUT2D eigenvalue weighted by Gasteiger charge is -2.29. The Kier molecular flexibility index (Phi) is 3.52. The monoisotopic (exact) mass is 258 g/mol. The van der Waals surface area contributed by atoms with Crippen LogP contribution >= 0.6 is 0 Å². The summed E-state index contributed by atoms with van der Waals surface area (Å²) in [7, 11) is 2.03. The molecule has 0 spiro atoms. The molecule has 2 nitrogen and oxygen atoms in total. The summed E-state index contributed by atoms with van der Waals surface area (Å²) in [5.41, 5.74) is 5.25. The average Bonchev–Trinajstić information content (AvgIpc) is 2.29. The third kappa shape index (κ3) is 2.77. The highest BCUT2D eigenvalue weighted by Gasteiger charge is 2.33. The summed E-state index contributed by atoms with van der Waals surface area (Å²) in [5, 5.41) is 0. The first-order chi connectivity index (χ1) is 8.38. The number of nitrogens with two attached hydrogens (primary N) is 1. The van der Waals surface area contributed by atoms with Crippen LogP contribution in [0.1, 0.15) is 29.9 Å². The van der Waals surface area contributed by atoms with Crippen molar-refractivity contribution in [1.29, 1.82) is 0 Å². The van der Waals surface area contributed by atoms with Gasteiger partial charge in [0.1, 0.15) is 0 Å². The first kappa shape index (κ1) is 13.2. The first-order valence-electron chi connectivity index (χ1n) is 6.03. The van der Waals surface area contributed by atoms with Crippen LogP contribution < -0.4 is 5.73 Å². The van der Waals surface area contributed by atoms with Gasteiger partial charge < -0.3 is 10.6 Å². The van der Waals surface area contributed by atoms with Crippen LogP contribution in [-0.4, -0.2) is 25.0 Å². The van der Waals surface area contributed by atoms with Crippen LogP contribution in [0.15, 0.2) is 18.2 Å². The lowest BCUT2D eigenvalue weighted by molar-refractivity contribution is -0.137. The molecule has 0 aliphatic carbocycles. The van der Waals surface area contributed by atoms with Crippen molar-refractivity contribution in [3.8, 4) is 0 Å². The number of hydrogen-bond acceptors (Lipinski definition) is 2. The second-order valence-corrected chi connectivity index (χ2v) is 4.92. The number of nitrogen functional groups attached to an aromatic ring is 1. The molecule has 0 amide bonds. The summed E-state index contributed by atoms with van der Waals surface area (Å²) in [6.07, 6.45) is -2.57.